The van der Waals surface area contributed by atoms with E-state index in [0.717, 1.165) is 17.8 Å². The number of nitrogens with zero attached hydrogens (tertiary/aromatic N) is 3. The van der Waals surface area contributed by atoms with Crippen molar-refractivity contribution >= 4 is 22.9 Å². The van der Waals surface area contributed by atoms with Crippen LogP contribution in [0.5, 0.6) is 0 Å². The van der Waals surface area contributed by atoms with Gasteiger partial charge in [-0.25, -0.2) is 4.98 Å². The number of anilines is 2. The molecule has 0 aromatic carbocycles. The summed E-state index contributed by atoms with van der Waals surface area (Å²) in [5.74, 6) is 0.456. The first kappa shape index (κ1) is 11.4. The number of nitrogen functional groups attached to an aromatic ring is 1. The minimum atomic E-state index is 0.410. The topological polar surface area (TPSA) is 90.4 Å². The van der Waals surface area contributed by atoms with Gasteiger partial charge in [-0.2, -0.15) is 5.10 Å². The van der Waals surface area contributed by atoms with Crippen molar-refractivity contribution in [2.75, 3.05) is 30.8 Å². The van der Waals surface area contributed by atoms with Gasteiger partial charge in [-0.3, -0.25) is 5.41 Å². The van der Waals surface area contributed by atoms with Gasteiger partial charge >= 0.3 is 0 Å². The zero-order valence-electron chi connectivity index (χ0n) is 9.99. The molecule has 1 aliphatic heterocycles. The van der Waals surface area contributed by atoms with E-state index in [-0.39, 0.29) is 0 Å². The van der Waals surface area contributed by atoms with E-state index in [0.29, 0.717) is 23.8 Å². The Labute approximate surface area is 100 Å². The number of fused-ring (bicyclic) bond motifs is 1. The predicted octanol–water partition coefficient (Wildman–Crippen LogP) is 0.447. The number of aromatic nitrogens is 1. The lowest BCUT2D eigenvalue weighted by Gasteiger charge is -2.29. The number of pyridine rings is 1. The van der Waals surface area contributed by atoms with Crippen LogP contribution in [-0.4, -0.2) is 36.5 Å². The predicted molar refractivity (Wildman–Crippen MR) is 69.9 cm³/mol. The third-order valence-corrected chi connectivity index (χ3v) is 2.65. The molecule has 0 aliphatic carbocycles. The molecule has 0 radical (unpaired) electrons. The first-order valence-corrected chi connectivity index (χ1v) is 5.49. The normalized spacial score (nSPS) is 17.2. The molecular formula is C11H16N6. The zero-order chi connectivity index (χ0) is 12.4. The van der Waals surface area contributed by atoms with Crippen molar-refractivity contribution < 1.29 is 0 Å². The van der Waals surface area contributed by atoms with Gasteiger partial charge in [0.1, 0.15) is 11.5 Å². The van der Waals surface area contributed by atoms with Crippen LogP contribution >= 0.6 is 0 Å². The van der Waals surface area contributed by atoms with Crippen molar-refractivity contribution in [1.82, 2.24) is 10.4 Å². The Morgan fingerprint density at radius 1 is 1.65 bits per heavy atom. The standard InChI is InChI=1S/C11H16N6/c1-3-15-16-8-6-17(2)10-7(9(8)12)4-5-14-11(10)13/h4-5,12,15H,3,6H2,1-2H3,(H2,13,14)/b12-9?,16-8-. The van der Waals surface area contributed by atoms with Crippen molar-refractivity contribution in [3.05, 3.63) is 17.8 Å². The summed E-state index contributed by atoms with van der Waals surface area (Å²) in [7, 11) is 1.92. The molecule has 1 aromatic heterocycles. The van der Waals surface area contributed by atoms with E-state index < -0.39 is 0 Å². The van der Waals surface area contributed by atoms with Crippen molar-refractivity contribution in [2.45, 2.75) is 6.92 Å². The average molecular weight is 232 g/mol. The highest BCUT2D eigenvalue weighted by Gasteiger charge is 2.25. The molecule has 17 heavy (non-hydrogen) atoms. The Morgan fingerprint density at radius 2 is 2.41 bits per heavy atom. The molecular weight excluding hydrogens is 216 g/mol. The van der Waals surface area contributed by atoms with E-state index in [2.05, 4.69) is 15.5 Å². The fourth-order valence-corrected chi connectivity index (χ4v) is 1.88. The van der Waals surface area contributed by atoms with E-state index in [9.17, 15) is 0 Å². The van der Waals surface area contributed by atoms with E-state index in [1.54, 1.807) is 12.3 Å². The summed E-state index contributed by atoms with van der Waals surface area (Å²) in [5, 5.41) is 12.3. The summed E-state index contributed by atoms with van der Waals surface area (Å²) < 4.78 is 0. The fraction of sp³-hybridized carbons (Fsp3) is 0.364. The smallest absolute Gasteiger partial charge is 0.147 e. The van der Waals surface area contributed by atoms with Crippen molar-refractivity contribution in [2.24, 2.45) is 5.10 Å². The van der Waals surface area contributed by atoms with Gasteiger partial charge in [0, 0.05) is 25.4 Å². The van der Waals surface area contributed by atoms with E-state index in [1.165, 1.54) is 0 Å². The monoisotopic (exact) mass is 232 g/mol. The van der Waals surface area contributed by atoms with Crippen molar-refractivity contribution in [3.8, 4) is 0 Å². The minimum Gasteiger partial charge on any atom is -0.382 e. The largest absolute Gasteiger partial charge is 0.382 e. The lowest BCUT2D eigenvalue weighted by atomic mass is 9.99. The highest BCUT2D eigenvalue weighted by atomic mass is 15.3. The summed E-state index contributed by atoms with van der Waals surface area (Å²) in [6.45, 7) is 3.27. The molecule has 0 unspecified atom stereocenters. The Hall–Kier alpha value is -2.11. The number of nitrogens with two attached hydrogens (primary N) is 1. The minimum absolute atomic E-state index is 0.410. The third kappa shape index (κ3) is 1.93. The SMILES string of the molecule is CCN/N=C1/CN(C)c2c(ccnc2N)C1=N. The molecule has 0 saturated heterocycles. The molecule has 6 nitrogen and oxygen atoms in total. The molecule has 90 valence electrons. The van der Waals surface area contributed by atoms with Gasteiger partial charge in [0.05, 0.1) is 17.9 Å². The Morgan fingerprint density at radius 3 is 3.12 bits per heavy atom. The van der Waals surface area contributed by atoms with Gasteiger partial charge in [0.15, 0.2) is 0 Å². The van der Waals surface area contributed by atoms with E-state index in [1.807, 2.05) is 18.9 Å². The molecule has 4 N–H and O–H groups in total. The number of hydrazone groups is 1. The fourth-order valence-electron chi connectivity index (χ4n) is 1.88. The second kappa shape index (κ2) is 4.40. The third-order valence-electron chi connectivity index (χ3n) is 2.65. The molecule has 0 spiro atoms. The molecule has 0 amide bonds. The first-order chi connectivity index (χ1) is 8.15. The van der Waals surface area contributed by atoms with Crippen LogP contribution in [0.4, 0.5) is 11.5 Å². The molecule has 2 heterocycles. The van der Waals surface area contributed by atoms with Gasteiger partial charge in [-0.15, -0.1) is 0 Å². The Bertz CT molecular complexity index is 479. The summed E-state index contributed by atoms with van der Waals surface area (Å²) in [4.78, 5) is 6.01. The van der Waals surface area contributed by atoms with E-state index >= 15 is 0 Å². The quantitative estimate of drug-likeness (QED) is 0.646. The second-order valence-corrected chi connectivity index (χ2v) is 3.89. The van der Waals surface area contributed by atoms with Crippen LogP contribution in [0.2, 0.25) is 0 Å². The van der Waals surface area contributed by atoms with Crippen LogP contribution in [0.25, 0.3) is 0 Å². The van der Waals surface area contributed by atoms with Crippen LogP contribution in [0.15, 0.2) is 17.4 Å². The maximum Gasteiger partial charge on any atom is 0.147 e. The Balaban J connectivity index is 2.45. The lowest BCUT2D eigenvalue weighted by Crippen LogP contribution is -2.39. The molecule has 0 bridgehead atoms. The number of rotatable bonds is 2. The average Bonchev–Trinajstić information content (AvgIpc) is 2.31. The summed E-state index contributed by atoms with van der Waals surface area (Å²) in [6.07, 6.45) is 1.62. The van der Waals surface area contributed by atoms with Gasteiger partial charge in [0.2, 0.25) is 0 Å². The van der Waals surface area contributed by atoms with Crippen LogP contribution in [0.3, 0.4) is 0 Å². The zero-order valence-corrected chi connectivity index (χ0v) is 9.99. The number of hydrogen-bond donors (Lipinski definition) is 3. The highest BCUT2D eigenvalue weighted by Crippen LogP contribution is 2.28. The highest BCUT2D eigenvalue weighted by molar-refractivity contribution is 6.50. The second-order valence-electron chi connectivity index (χ2n) is 3.89. The lowest BCUT2D eigenvalue weighted by molar-refractivity contribution is 0.780. The molecule has 2 rings (SSSR count). The van der Waals surface area contributed by atoms with Gasteiger partial charge in [-0.1, -0.05) is 0 Å². The van der Waals surface area contributed by atoms with Crippen LogP contribution in [0, 0.1) is 5.41 Å². The van der Waals surface area contributed by atoms with Gasteiger partial charge < -0.3 is 16.1 Å². The molecule has 0 atom stereocenters. The molecule has 6 heteroatoms. The molecule has 1 aliphatic rings. The Kier molecular flexibility index (Phi) is 2.95. The van der Waals surface area contributed by atoms with Crippen molar-refractivity contribution in [3.63, 3.8) is 0 Å². The van der Waals surface area contributed by atoms with Crippen molar-refractivity contribution in [1.29, 1.82) is 5.41 Å². The van der Waals surface area contributed by atoms with Crippen LogP contribution in [0.1, 0.15) is 12.5 Å². The maximum absolute atomic E-state index is 8.11. The summed E-state index contributed by atoms with van der Waals surface area (Å²) in [6, 6.07) is 1.80. The maximum atomic E-state index is 8.11. The molecule has 0 fully saturated rings. The van der Waals surface area contributed by atoms with Gasteiger partial charge in [-0.05, 0) is 13.0 Å². The van der Waals surface area contributed by atoms with E-state index in [4.69, 9.17) is 11.1 Å². The summed E-state index contributed by atoms with van der Waals surface area (Å²) in [5.41, 5.74) is 11.4. The van der Waals surface area contributed by atoms with Gasteiger partial charge in [0.25, 0.3) is 0 Å². The first-order valence-electron chi connectivity index (χ1n) is 5.49. The molecule has 0 saturated carbocycles. The molecule has 1 aromatic rings. The van der Waals surface area contributed by atoms with Crippen LogP contribution < -0.4 is 16.1 Å². The van der Waals surface area contributed by atoms with Crippen LogP contribution in [-0.2, 0) is 0 Å². The summed E-state index contributed by atoms with van der Waals surface area (Å²) >= 11 is 0. The number of nitrogens with one attached hydrogen (secondary N) is 2. The number of hydrogen-bond acceptors (Lipinski definition) is 6.